The lowest BCUT2D eigenvalue weighted by molar-refractivity contribution is 0.262. The molecular formula is C12H22O. The minimum Gasteiger partial charge on any atom is -0.392 e. The van der Waals surface area contributed by atoms with Gasteiger partial charge in [0.25, 0.3) is 0 Å². The molecule has 1 heteroatoms. The van der Waals surface area contributed by atoms with Gasteiger partial charge in [0.2, 0.25) is 0 Å². The molecule has 0 aromatic carbocycles. The predicted molar refractivity (Wildman–Crippen MR) is 56.7 cm³/mol. The maximum absolute atomic E-state index is 9.12. The van der Waals surface area contributed by atoms with Gasteiger partial charge in [0.1, 0.15) is 0 Å². The first kappa shape index (κ1) is 10.8. The van der Waals surface area contributed by atoms with E-state index in [4.69, 9.17) is 5.11 Å². The Morgan fingerprint density at radius 1 is 1.46 bits per heavy atom. The summed E-state index contributed by atoms with van der Waals surface area (Å²) in [6.07, 6.45) is 9.82. The van der Waals surface area contributed by atoms with Crippen LogP contribution in [0.1, 0.15) is 52.4 Å². The van der Waals surface area contributed by atoms with E-state index in [9.17, 15) is 0 Å². The van der Waals surface area contributed by atoms with Crippen molar-refractivity contribution >= 4 is 0 Å². The van der Waals surface area contributed by atoms with Crippen LogP contribution in [0.25, 0.3) is 0 Å². The lowest BCUT2D eigenvalue weighted by atomic mass is 9.72. The lowest BCUT2D eigenvalue weighted by Crippen LogP contribution is -2.21. The first-order chi connectivity index (χ1) is 6.26. The highest BCUT2D eigenvalue weighted by molar-refractivity contribution is 5.13. The van der Waals surface area contributed by atoms with Crippen LogP contribution in [0.3, 0.4) is 0 Å². The molecule has 0 radical (unpaired) electrons. The minimum atomic E-state index is 0.269. The van der Waals surface area contributed by atoms with Gasteiger partial charge in [-0.15, -0.1) is 0 Å². The van der Waals surface area contributed by atoms with Crippen LogP contribution in [0.2, 0.25) is 0 Å². The molecule has 0 unspecified atom stereocenters. The summed E-state index contributed by atoms with van der Waals surface area (Å²) in [6.45, 7) is 4.79. The fourth-order valence-corrected chi connectivity index (χ4v) is 2.52. The second-order valence-electron chi connectivity index (χ2n) is 4.28. The van der Waals surface area contributed by atoms with E-state index in [0.29, 0.717) is 5.41 Å². The van der Waals surface area contributed by atoms with E-state index in [1.165, 1.54) is 37.7 Å². The molecule has 1 aliphatic carbocycles. The molecule has 0 bridgehead atoms. The highest BCUT2D eigenvalue weighted by Gasteiger charge is 2.27. The Bertz CT molecular complexity index is 184. The SMILES string of the molecule is CCC[C@]1(CC)C=C(CO)CCC1. The van der Waals surface area contributed by atoms with Gasteiger partial charge in [-0.05, 0) is 43.1 Å². The Morgan fingerprint density at radius 3 is 2.77 bits per heavy atom. The van der Waals surface area contributed by atoms with Gasteiger partial charge in [0.05, 0.1) is 6.61 Å². The highest BCUT2D eigenvalue weighted by atomic mass is 16.3. The molecule has 13 heavy (non-hydrogen) atoms. The summed E-state index contributed by atoms with van der Waals surface area (Å²) in [4.78, 5) is 0. The fraction of sp³-hybridized carbons (Fsp3) is 0.833. The van der Waals surface area contributed by atoms with Gasteiger partial charge in [0.15, 0.2) is 0 Å². The van der Waals surface area contributed by atoms with Gasteiger partial charge in [-0.25, -0.2) is 0 Å². The molecule has 0 saturated heterocycles. The van der Waals surface area contributed by atoms with E-state index < -0.39 is 0 Å². The standard InChI is InChI=1S/C12H22O/c1-3-7-12(4-2)8-5-6-11(9-12)10-13/h9,13H,3-8,10H2,1-2H3/t12-/m0/s1. The van der Waals surface area contributed by atoms with Crippen molar-refractivity contribution in [1.29, 1.82) is 0 Å². The molecule has 0 amide bonds. The minimum absolute atomic E-state index is 0.269. The Balaban J connectivity index is 2.73. The molecule has 1 rings (SSSR count). The maximum atomic E-state index is 9.12. The number of aliphatic hydroxyl groups is 1. The van der Waals surface area contributed by atoms with Crippen molar-refractivity contribution in [2.75, 3.05) is 6.61 Å². The lowest BCUT2D eigenvalue weighted by Gasteiger charge is -2.34. The van der Waals surface area contributed by atoms with Crippen LogP contribution in [0.5, 0.6) is 0 Å². The third-order valence-corrected chi connectivity index (χ3v) is 3.34. The Morgan fingerprint density at radius 2 is 2.23 bits per heavy atom. The maximum Gasteiger partial charge on any atom is 0.0641 e. The van der Waals surface area contributed by atoms with Gasteiger partial charge in [-0.3, -0.25) is 0 Å². The summed E-state index contributed by atoms with van der Waals surface area (Å²) in [7, 11) is 0. The van der Waals surface area contributed by atoms with Crippen LogP contribution in [0.15, 0.2) is 11.6 Å². The van der Waals surface area contributed by atoms with E-state index >= 15 is 0 Å². The van der Waals surface area contributed by atoms with Crippen LogP contribution in [-0.2, 0) is 0 Å². The topological polar surface area (TPSA) is 20.2 Å². The molecule has 1 aliphatic rings. The second kappa shape index (κ2) is 4.80. The quantitative estimate of drug-likeness (QED) is 0.661. The van der Waals surface area contributed by atoms with Crippen LogP contribution in [-0.4, -0.2) is 11.7 Å². The van der Waals surface area contributed by atoms with Crippen LogP contribution >= 0.6 is 0 Å². The Hall–Kier alpha value is -0.300. The first-order valence-electron chi connectivity index (χ1n) is 5.58. The van der Waals surface area contributed by atoms with Crippen molar-refractivity contribution in [2.24, 2.45) is 5.41 Å². The van der Waals surface area contributed by atoms with Gasteiger partial charge >= 0.3 is 0 Å². The molecule has 0 aromatic rings. The van der Waals surface area contributed by atoms with E-state index in [-0.39, 0.29) is 6.61 Å². The van der Waals surface area contributed by atoms with E-state index in [0.717, 1.165) is 6.42 Å². The molecule has 0 spiro atoms. The van der Waals surface area contributed by atoms with Gasteiger partial charge in [-0.1, -0.05) is 26.3 Å². The number of hydrogen-bond acceptors (Lipinski definition) is 1. The summed E-state index contributed by atoms with van der Waals surface area (Å²) < 4.78 is 0. The number of allylic oxidation sites excluding steroid dienone is 1. The second-order valence-corrected chi connectivity index (χ2v) is 4.28. The summed E-state index contributed by atoms with van der Waals surface area (Å²) in [5.41, 5.74) is 1.69. The van der Waals surface area contributed by atoms with Gasteiger partial charge in [-0.2, -0.15) is 0 Å². The number of rotatable bonds is 4. The van der Waals surface area contributed by atoms with Crippen molar-refractivity contribution in [3.8, 4) is 0 Å². The Labute approximate surface area is 81.9 Å². The average Bonchev–Trinajstić information content (AvgIpc) is 2.19. The zero-order valence-corrected chi connectivity index (χ0v) is 8.97. The number of aliphatic hydroxyl groups excluding tert-OH is 1. The number of hydrogen-bond donors (Lipinski definition) is 1. The zero-order chi connectivity index (χ0) is 9.73. The average molecular weight is 182 g/mol. The fourth-order valence-electron chi connectivity index (χ4n) is 2.52. The molecule has 1 atom stereocenters. The molecule has 0 heterocycles. The summed E-state index contributed by atoms with van der Waals surface area (Å²) in [5.74, 6) is 0. The molecule has 1 N–H and O–H groups in total. The predicted octanol–water partition coefficient (Wildman–Crippen LogP) is 3.29. The van der Waals surface area contributed by atoms with E-state index in [1.807, 2.05) is 0 Å². The third kappa shape index (κ3) is 2.57. The van der Waals surface area contributed by atoms with Crippen LogP contribution in [0.4, 0.5) is 0 Å². The highest BCUT2D eigenvalue weighted by Crippen LogP contribution is 2.40. The van der Waals surface area contributed by atoms with Crippen molar-refractivity contribution in [2.45, 2.75) is 52.4 Å². The summed E-state index contributed by atoms with van der Waals surface area (Å²) in [5, 5.41) is 9.12. The smallest absolute Gasteiger partial charge is 0.0641 e. The van der Waals surface area contributed by atoms with Crippen LogP contribution < -0.4 is 0 Å². The first-order valence-corrected chi connectivity index (χ1v) is 5.58. The third-order valence-electron chi connectivity index (χ3n) is 3.34. The van der Waals surface area contributed by atoms with Crippen molar-refractivity contribution in [3.05, 3.63) is 11.6 Å². The largest absolute Gasteiger partial charge is 0.392 e. The van der Waals surface area contributed by atoms with E-state index in [2.05, 4.69) is 19.9 Å². The van der Waals surface area contributed by atoms with Gasteiger partial charge in [0, 0.05) is 0 Å². The van der Waals surface area contributed by atoms with Gasteiger partial charge < -0.3 is 5.11 Å². The molecular weight excluding hydrogens is 160 g/mol. The van der Waals surface area contributed by atoms with Crippen molar-refractivity contribution in [1.82, 2.24) is 0 Å². The monoisotopic (exact) mass is 182 g/mol. The van der Waals surface area contributed by atoms with Crippen LogP contribution in [0, 0.1) is 5.41 Å². The van der Waals surface area contributed by atoms with E-state index in [1.54, 1.807) is 0 Å². The molecule has 76 valence electrons. The molecule has 0 fully saturated rings. The van der Waals surface area contributed by atoms with Crippen molar-refractivity contribution in [3.63, 3.8) is 0 Å². The molecule has 1 nitrogen and oxygen atoms in total. The molecule has 0 aliphatic heterocycles. The molecule has 0 saturated carbocycles. The summed E-state index contributed by atoms with van der Waals surface area (Å²) in [6, 6.07) is 0. The normalized spacial score (nSPS) is 28.7. The summed E-state index contributed by atoms with van der Waals surface area (Å²) >= 11 is 0. The Kier molecular flexibility index (Phi) is 3.98. The van der Waals surface area contributed by atoms with Crippen molar-refractivity contribution < 1.29 is 5.11 Å². The molecule has 0 aromatic heterocycles. The zero-order valence-electron chi connectivity index (χ0n) is 8.97.